The van der Waals surface area contributed by atoms with Crippen LogP contribution in [0.1, 0.15) is 59.3 Å². The normalized spacial score (nSPS) is 34.8. The second-order valence-corrected chi connectivity index (χ2v) is 6.40. The van der Waals surface area contributed by atoms with Gasteiger partial charge >= 0.3 is 0 Å². The number of likely N-dealkylation sites (tertiary alicyclic amines) is 1. The van der Waals surface area contributed by atoms with E-state index >= 15 is 0 Å². The van der Waals surface area contributed by atoms with E-state index in [1.54, 1.807) is 0 Å². The number of nitrogens with one attached hydrogen (secondary N) is 1. The number of hydrogen-bond donors (Lipinski definition) is 1. The molecule has 2 nitrogen and oxygen atoms in total. The number of hydrogen-bond acceptors (Lipinski definition) is 2. The first-order chi connectivity index (χ1) is 8.17. The molecule has 0 amide bonds. The van der Waals surface area contributed by atoms with Crippen molar-refractivity contribution in [3.63, 3.8) is 0 Å². The summed E-state index contributed by atoms with van der Waals surface area (Å²) in [4.78, 5) is 2.80. The maximum Gasteiger partial charge on any atom is 0.00699 e. The fraction of sp³-hybridized carbons (Fsp3) is 1.00. The minimum atomic E-state index is 0.602. The topological polar surface area (TPSA) is 15.3 Å². The highest BCUT2D eigenvalue weighted by molar-refractivity contribution is 4.90. The number of nitrogens with zero attached hydrogens (tertiary/aromatic N) is 1. The zero-order valence-electron chi connectivity index (χ0n) is 12.0. The Hall–Kier alpha value is -0.0800. The largest absolute Gasteiger partial charge is 0.317 e. The summed E-state index contributed by atoms with van der Waals surface area (Å²) < 4.78 is 0. The Morgan fingerprint density at radius 2 is 1.71 bits per heavy atom. The molecule has 0 radical (unpaired) electrons. The lowest BCUT2D eigenvalue weighted by Gasteiger charge is -2.47. The monoisotopic (exact) mass is 238 g/mol. The van der Waals surface area contributed by atoms with Gasteiger partial charge in [-0.15, -0.1) is 0 Å². The van der Waals surface area contributed by atoms with Gasteiger partial charge in [-0.25, -0.2) is 0 Å². The maximum absolute atomic E-state index is 3.51. The summed E-state index contributed by atoms with van der Waals surface area (Å²) in [7, 11) is 0. The van der Waals surface area contributed by atoms with Gasteiger partial charge in [0.05, 0.1) is 0 Å². The molecule has 2 aliphatic rings. The van der Waals surface area contributed by atoms with E-state index in [-0.39, 0.29) is 0 Å². The standard InChI is InChI=1S/C15H30N2/c1-4-15(8-10-16-11-9-15)12-17-13(2)6-5-7-14(17)3/h13-14,16H,4-12H2,1-3H3/t13-,14+. The molecule has 2 heteroatoms. The highest BCUT2D eigenvalue weighted by Crippen LogP contribution is 2.36. The van der Waals surface area contributed by atoms with Crippen LogP contribution in [0.2, 0.25) is 0 Å². The summed E-state index contributed by atoms with van der Waals surface area (Å²) in [5.41, 5.74) is 0.602. The Balaban J connectivity index is 2.00. The van der Waals surface area contributed by atoms with E-state index in [0.717, 1.165) is 12.1 Å². The SMILES string of the molecule is CCC1(CN2[C@H](C)CCC[C@@H]2C)CCNCC1. The molecular weight excluding hydrogens is 208 g/mol. The first kappa shape index (κ1) is 13.4. The molecule has 2 fully saturated rings. The Bertz CT molecular complexity index is 223. The van der Waals surface area contributed by atoms with Crippen LogP contribution >= 0.6 is 0 Å². The smallest absolute Gasteiger partial charge is 0.00699 e. The molecule has 2 saturated heterocycles. The third kappa shape index (κ3) is 3.03. The van der Waals surface area contributed by atoms with E-state index in [2.05, 4.69) is 31.0 Å². The van der Waals surface area contributed by atoms with Crippen LogP contribution in [-0.2, 0) is 0 Å². The third-order valence-corrected chi connectivity index (χ3v) is 5.31. The van der Waals surface area contributed by atoms with Crippen molar-refractivity contribution in [3.8, 4) is 0 Å². The molecule has 0 aliphatic carbocycles. The zero-order chi connectivity index (χ0) is 12.3. The second-order valence-electron chi connectivity index (χ2n) is 6.40. The van der Waals surface area contributed by atoms with Gasteiger partial charge in [-0.1, -0.05) is 13.3 Å². The van der Waals surface area contributed by atoms with E-state index in [1.165, 1.54) is 58.2 Å². The Kier molecular flexibility index (Phi) is 4.48. The van der Waals surface area contributed by atoms with Crippen LogP contribution < -0.4 is 5.32 Å². The molecule has 2 rings (SSSR count). The summed E-state index contributed by atoms with van der Waals surface area (Å²) in [5, 5.41) is 3.51. The fourth-order valence-corrected chi connectivity index (χ4v) is 3.75. The Labute approximate surface area is 107 Å². The van der Waals surface area contributed by atoms with Crippen molar-refractivity contribution >= 4 is 0 Å². The summed E-state index contributed by atoms with van der Waals surface area (Å²) in [6.45, 7) is 11.0. The molecule has 0 saturated carbocycles. The minimum absolute atomic E-state index is 0.602. The highest BCUT2D eigenvalue weighted by atomic mass is 15.2. The van der Waals surface area contributed by atoms with Crippen LogP contribution in [0.15, 0.2) is 0 Å². The lowest BCUT2D eigenvalue weighted by Crippen LogP contribution is -2.51. The molecule has 0 aromatic rings. The zero-order valence-corrected chi connectivity index (χ0v) is 12.0. The molecule has 0 aromatic carbocycles. The molecule has 0 spiro atoms. The van der Waals surface area contributed by atoms with Gasteiger partial charge < -0.3 is 5.32 Å². The molecule has 2 atom stereocenters. The molecule has 0 unspecified atom stereocenters. The van der Waals surface area contributed by atoms with Crippen molar-refractivity contribution in [2.24, 2.45) is 5.41 Å². The molecule has 17 heavy (non-hydrogen) atoms. The third-order valence-electron chi connectivity index (χ3n) is 5.31. The van der Waals surface area contributed by atoms with Crippen LogP contribution in [0.25, 0.3) is 0 Å². The van der Waals surface area contributed by atoms with Gasteiger partial charge in [0.1, 0.15) is 0 Å². The lowest BCUT2D eigenvalue weighted by atomic mass is 9.75. The van der Waals surface area contributed by atoms with Gasteiger partial charge in [0.2, 0.25) is 0 Å². The average molecular weight is 238 g/mol. The first-order valence-corrected chi connectivity index (χ1v) is 7.63. The average Bonchev–Trinajstić information content (AvgIpc) is 2.35. The molecule has 0 bridgehead atoms. The van der Waals surface area contributed by atoms with Gasteiger partial charge in [0.25, 0.3) is 0 Å². The molecule has 1 N–H and O–H groups in total. The van der Waals surface area contributed by atoms with E-state index < -0.39 is 0 Å². The van der Waals surface area contributed by atoms with Gasteiger partial charge in [-0.3, -0.25) is 4.90 Å². The molecule has 2 heterocycles. The van der Waals surface area contributed by atoms with Crippen LogP contribution in [0, 0.1) is 5.41 Å². The number of piperidine rings is 2. The van der Waals surface area contributed by atoms with E-state index in [0.29, 0.717) is 5.41 Å². The van der Waals surface area contributed by atoms with Crippen LogP contribution in [0.3, 0.4) is 0 Å². The molecule has 2 aliphatic heterocycles. The summed E-state index contributed by atoms with van der Waals surface area (Å²) in [6.07, 6.45) is 8.34. The van der Waals surface area contributed by atoms with Gasteiger partial charge in [0, 0.05) is 18.6 Å². The molecular formula is C15H30N2. The minimum Gasteiger partial charge on any atom is -0.317 e. The number of rotatable bonds is 3. The first-order valence-electron chi connectivity index (χ1n) is 7.63. The Morgan fingerprint density at radius 1 is 1.12 bits per heavy atom. The van der Waals surface area contributed by atoms with Crippen molar-refractivity contribution in [3.05, 3.63) is 0 Å². The molecule has 0 aromatic heterocycles. The summed E-state index contributed by atoms with van der Waals surface area (Å²) in [6, 6.07) is 1.61. The second kappa shape index (κ2) is 5.71. The predicted octanol–water partition coefficient (Wildman–Crippen LogP) is 3.03. The van der Waals surface area contributed by atoms with E-state index in [4.69, 9.17) is 0 Å². The van der Waals surface area contributed by atoms with E-state index in [9.17, 15) is 0 Å². The van der Waals surface area contributed by atoms with Gasteiger partial charge in [-0.05, 0) is 64.5 Å². The Morgan fingerprint density at radius 3 is 2.24 bits per heavy atom. The highest BCUT2D eigenvalue weighted by Gasteiger charge is 2.35. The maximum atomic E-state index is 3.51. The van der Waals surface area contributed by atoms with Gasteiger partial charge in [0.15, 0.2) is 0 Å². The van der Waals surface area contributed by atoms with Crippen molar-refractivity contribution in [1.82, 2.24) is 10.2 Å². The van der Waals surface area contributed by atoms with Crippen LogP contribution in [-0.4, -0.2) is 36.6 Å². The van der Waals surface area contributed by atoms with Crippen molar-refractivity contribution < 1.29 is 0 Å². The van der Waals surface area contributed by atoms with Crippen LogP contribution in [0.4, 0.5) is 0 Å². The summed E-state index contributed by atoms with van der Waals surface area (Å²) >= 11 is 0. The fourth-order valence-electron chi connectivity index (χ4n) is 3.75. The lowest BCUT2D eigenvalue weighted by molar-refractivity contribution is 0.0304. The van der Waals surface area contributed by atoms with Crippen molar-refractivity contribution in [2.75, 3.05) is 19.6 Å². The molecule has 100 valence electrons. The predicted molar refractivity (Wildman–Crippen MR) is 74.3 cm³/mol. The van der Waals surface area contributed by atoms with Gasteiger partial charge in [-0.2, -0.15) is 0 Å². The van der Waals surface area contributed by atoms with Crippen molar-refractivity contribution in [2.45, 2.75) is 71.4 Å². The van der Waals surface area contributed by atoms with Crippen LogP contribution in [0.5, 0.6) is 0 Å². The van der Waals surface area contributed by atoms with E-state index in [1.807, 2.05) is 0 Å². The quantitative estimate of drug-likeness (QED) is 0.813. The summed E-state index contributed by atoms with van der Waals surface area (Å²) in [5.74, 6) is 0. The van der Waals surface area contributed by atoms with Crippen molar-refractivity contribution in [1.29, 1.82) is 0 Å².